The van der Waals surface area contributed by atoms with E-state index < -0.39 is 0 Å². The van der Waals surface area contributed by atoms with E-state index in [-0.39, 0.29) is 35.2 Å². The van der Waals surface area contributed by atoms with Gasteiger partial charge >= 0.3 is 0 Å². The topological polar surface area (TPSA) is 121 Å². The average Bonchev–Trinajstić information content (AvgIpc) is 3.40. The van der Waals surface area contributed by atoms with Crippen LogP contribution in [0.1, 0.15) is 35.4 Å². The number of Topliss-reactive ketones (excluding diaryl/α,β-unsaturated/α-hetero) is 1. The lowest BCUT2D eigenvalue weighted by Crippen LogP contribution is -2.32. The molecule has 1 aliphatic carbocycles. The molecule has 0 bridgehead atoms. The Kier molecular flexibility index (Phi) is 4.74. The van der Waals surface area contributed by atoms with E-state index in [1.54, 1.807) is 13.3 Å². The summed E-state index contributed by atoms with van der Waals surface area (Å²) in [6, 6.07) is 3.78. The first-order valence-electron chi connectivity index (χ1n) is 10.1. The van der Waals surface area contributed by atoms with Gasteiger partial charge in [0.05, 0.1) is 12.3 Å². The Bertz CT molecular complexity index is 1260. The van der Waals surface area contributed by atoms with Crippen molar-refractivity contribution in [3.8, 4) is 22.8 Å². The summed E-state index contributed by atoms with van der Waals surface area (Å²) in [5.41, 5.74) is 9.76. The number of nitrogens with zero attached hydrogens (tertiary/aromatic N) is 5. The fourth-order valence-electron chi connectivity index (χ4n) is 3.98. The molecule has 0 aromatic carbocycles. The number of carbonyl (C=O) groups excluding carboxylic acids is 1. The molecule has 0 spiro atoms. The summed E-state index contributed by atoms with van der Waals surface area (Å²) >= 11 is 0. The molecule has 0 amide bonds. The molecular formula is C22H22N6O3. The number of nitrogens with two attached hydrogens (primary N) is 1. The molecule has 0 atom stereocenters. The zero-order valence-electron chi connectivity index (χ0n) is 17.3. The summed E-state index contributed by atoms with van der Waals surface area (Å²) in [6.07, 6.45) is 9.03. The van der Waals surface area contributed by atoms with Crippen LogP contribution in [0.15, 0.2) is 41.4 Å². The highest BCUT2D eigenvalue weighted by Gasteiger charge is 2.32. The average molecular weight is 418 g/mol. The predicted octanol–water partition coefficient (Wildman–Crippen LogP) is 3.33. The first-order valence-corrected chi connectivity index (χ1v) is 10.1. The summed E-state index contributed by atoms with van der Waals surface area (Å²) in [5.74, 6) is 0.519. The minimum Gasteiger partial charge on any atom is -0.443 e. The van der Waals surface area contributed by atoms with Crippen LogP contribution in [-0.4, -0.2) is 43.3 Å². The van der Waals surface area contributed by atoms with Crippen LogP contribution in [0.4, 0.5) is 5.82 Å². The number of carbonyl (C=O) groups is 1. The Labute approximate surface area is 178 Å². The quantitative estimate of drug-likeness (QED) is 0.473. The number of pyridine rings is 1. The largest absolute Gasteiger partial charge is 0.443 e. The second kappa shape index (κ2) is 7.59. The van der Waals surface area contributed by atoms with E-state index in [0.29, 0.717) is 17.8 Å². The molecule has 4 heterocycles. The normalized spacial score (nSPS) is 18.3. The number of fused-ring (bicyclic) bond motifs is 1. The zero-order chi connectivity index (χ0) is 21.5. The Hall–Kier alpha value is -3.59. The molecule has 4 aromatic rings. The number of imidazole rings is 1. The predicted molar refractivity (Wildman–Crippen MR) is 113 cm³/mol. The van der Waals surface area contributed by atoms with Crippen molar-refractivity contribution >= 4 is 17.2 Å². The number of anilines is 1. The molecule has 158 valence electrons. The van der Waals surface area contributed by atoms with Crippen LogP contribution in [0.2, 0.25) is 0 Å². The number of ketones is 1. The van der Waals surface area contributed by atoms with Crippen LogP contribution in [-0.2, 0) is 4.74 Å². The lowest BCUT2D eigenvalue weighted by molar-refractivity contribution is -0.0000598. The summed E-state index contributed by atoms with van der Waals surface area (Å²) < 4.78 is 12.7. The van der Waals surface area contributed by atoms with E-state index >= 15 is 0 Å². The van der Waals surface area contributed by atoms with E-state index in [4.69, 9.17) is 14.9 Å². The number of aryl methyl sites for hydroxylation is 1. The van der Waals surface area contributed by atoms with Gasteiger partial charge in [-0.25, -0.2) is 19.9 Å². The molecule has 0 unspecified atom stereocenters. The Morgan fingerprint density at radius 3 is 2.84 bits per heavy atom. The van der Waals surface area contributed by atoms with Crippen LogP contribution in [0.25, 0.3) is 28.5 Å². The van der Waals surface area contributed by atoms with Crippen molar-refractivity contribution < 1.29 is 13.9 Å². The maximum atomic E-state index is 13.0. The third-order valence-corrected chi connectivity index (χ3v) is 5.79. The third kappa shape index (κ3) is 3.46. The number of rotatable bonds is 6. The molecule has 31 heavy (non-hydrogen) atoms. The van der Waals surface area contributed by atoms with Crippen LogP contribution >= 0.6 is 0 Å². The first kappa shape index (κ1) is 19.4. The molecule has 9 nitrogen and oxygen atoms in total. The first-order chi connectivity index (χ1) is 15.0. The number of oxazole rings is 1. The van der Waals surface area contributed by atoms with Crippen LogP contribution in [0.3, 0.4) is 0 Å². The maximum Gasteiger partial charge on any atom is 0.247 e. The van der Waals surface area contributed by atoms with Gasteiger partial charge in [0.25, 0.3) is 0 Å². The zero-order valence-corrected chi connectivity index (χ0v) is 17.3. The molecule has 0 radical (unpaired) electrons. The number of ether oxygens (including phenoxy) is 1. The lowest BCUT2D eigenvalue weighted by atomic mass is 9.78. The smallest absolute Gasteiger partial charge is 0.247 e. The molecule has 0 aliphatic heterocycles. The summed E-state index contributed by atoms with van der Waals surface area (Å²) in [7, 11) is 1.69. The molecule has 1 aliphatic rings. The molecular weight excluding hydrogens is 396 g/mol. The van der Waals surface area contributed by atoms with Gasteiger partial charge in [0.2, 0.25) is 5.89 Å². The fourth-order valence-corrected chi connectivity index (χ4v) is 3.98. The lowest BCUT2D eigenvalue weighted by Gasteiger charge is -2.33. The number of aromatic nitrogens is 5. The minimum atomic E-state index is -0.121. The molecule has 1 fully saturated rings. The molecule has 2 N–H and O–H groups in total. The van der Waals surface area contributed by atoms with Gasteiger partial charge in [-0.05, 0) is 37.8 Å². The monoisotopic (exact) mass is 418 g/mol. The highest BCUT2D eigenvalue weighted by atomic mass is 16.5. The van der Waals surface area contributed by atoms with Crippen molar-refractivity contribution in [2.45, 2.75) is 32.3 Å². The van der Waals surface area contributed by atoms with Crippen molar-refractivity contribution in [1.29, 1.82) is 0 Å². The van der Waals surface area contributed by atoms with E-state index in [2.05, 4.69) is 19.9 Å². The van der Waals surface area contributed by atoms with Gasteiger partial charge in [-0.1, -0.05) is 0 Å². The van der Waals surface area contributed by atoms with Crippen molar-refractivity contribution in [1.82, 2.24) is 24.3 Å². The van der Waals surface area contributed by atoms with Gasteiger partial charge in [0.1, 0.15) is 23.3 Å². The number of hydrogen-bond acceptors (Lipinski definition) is 8. The molecule has 4 aromatic heterocycles. The number of methoxy groups -OCH3 is 1. The van der Waals surface area contributed by atoms with Crippen molar-refractivity contribution in [2.24, 2.45) is 5.92 Å². The van der Waals surface area contributed by atoms with Crippen molar-refractivity contribution in [3.63, 3.8) is 0 Å². The van der Waals surface area contributed by atoms with Crippen LogP contribution in [0, 0.1) is 12.8 Å². The van der Waals surface area contributed by atoms with Gasteiger partial charge in [-0.2, -0.15) is 0 Å². The second-order valence-electron chi connectivity index (χ2n) is 7.86. The Morgan fingerprint density at radius 1 is 1.26 bits per heavy atom. The number of nitrogen functional groups attached to an aromatic ring is 1. The van der Waals surface area contributed by atoms with E-state index in [9.17, 15) is 4.79 Å². The third-order valence-electron chi connectivity index (χ3n) is 5.79. The summed E-state index contributed by atoms with van der Waals surface area (Å²) in [5, 5.41) is 0. The van der Waals surface area contributed by atoms with Gasteiger partial charge in [0, 0.05) is 37.2 Å². The standard InChI is InChI=1S/C22H22N6O3/c1-12-10-25-17-4-3-14(11-28(12)17)18-20(22-24-5-6-31-22)27-21(23)19(26-18)16(29)9-13-7-15(8-13)30-2/h3-6,10-11,13,15H,7-9H2,1-2H3,(H2,23,27). The fraction of sp³-hybridized carbons (Fsp3) is 0.318. The van der Waals surface area contributed by atoms with Gasteiger partial charge in [0.15, 0.2) is 17.3 Å². The molecule has 1 saturated carbocycles. The second-order valence-corrected chi connectivity index (χ2v) is 7.86. The van der Waals surface area contributed by atoms with Crippen LogP contribution in [0.5, 0.6) is 0 Å². The molecule has 0 saturated heterocycles. The van der Waals surface area contributed by atoms with Crippen molar-refractivity contribution in [3.05, 3.63) is 48.4 Å². The summed E-state index contributed by atoms with van der Waals surface area (Å²) in [6.45, 7) is 1.97. The molecule has 9 heteroatoms. The highest BCUT2D eigenvalue weighted by molar-refractivity contribution is 5.99. The maximum absolute atomic E-state index is 13.0. The van der Waals surface area contributed by atoms with Crippen LogP contribution < -0.4 is 5.73 Å². The van der Waals surface area contributed by atoms with Gasteiger partial charge < -0.3 is 19.3 Å². The minimum absolute atomic E-state index is 0.0736. The van der Waals surface area contributed by atoms with Gasteiger partial charge in [-0.15, -0.1) is 0 Å². The number of hydrogen-bond donors (Lipinski definition) is 1. The highest BCUT2D eigenvalue weighted by Crippen LogP contribution is 2.35. The van der Waals surface area contributed by atoms with E-state index in [1.165, 1.54) is 12.5 Å². The van der Waals surface area contributed by atoms with Gasteiger partial charge in [-0.3, -0.25) is 4.79 Å². The van der Waals surface area contributed by atoms with E-state index in [1.807, 2.05) is 29.7 Å². The van der Waals surface area contributed by atoms with E-state index in [0.717, 1.165) is 29.7 Å². The summed E-state index contributed by atoms with van der Waals surface area (Å²) in [4.78, 5) is 30.7. The molecule has 5 rings (SSSR count). The van der Waals surface area contributed by atoms with Crippen molar-refractivity contribution in [2.75, 3.05) is 12.8 Å². The SMILES string of the molecule is COC1CC(CC(=O)c2nc(-c3ccc4ncc(C)n4c3)c(-c3ncco3)nc2N)C1. The Balaban J connectivity index is 1.58. The Morgan fingerprint density at radius 2 is 2.10 bits per heavy atom.